The number of benzene rings is 1. The number of nitrogen functional groups attached to an aromatic ring is 1. The maximum absolute atomic E-state index is 12.2. The van der Waals surface area contributed by atoms with Crippen molar-refractivity contribution >= 4 is 35.0 Å². The Morgan fingerprint density at radius 3 is 2.77 bits per heavy atom. The third-order valence-corrected chi connectivity index (χ3v) is 4.78. The van der Waals surface area contributed by atoms with E-state index in [2.05, 4.69) is 4.98 Å². The lowest BCUT2D eigenvalue weighted by Gasteiger charge is -2.19. The number of carbonyl (C=O) groups is 1. The van der Waals surface area contributed by atoms with Crippen molar-refractivity contribution in [2.75, 3.05) is 18.8 Å². The summed E-state index contributed by atoms with van der Waals surface area (Å²) in [5.41, 5.74) is 6.32. The molecule has 5 nitrogen and oxygen atoms in total. The van der Waals surface area contributed by atoms with E-state index in [1.165, 1.54) is 11.8 Å². The number of nitrogens with two attached hydrogens (primary N) is 1. The maximum Gasteiger partial charge on any atom is 0.242 e. The molecule has 2 aromatic rings. The van der Waals surface area contributed by atoms with Gasteiger partial charge in [-0.15, -0.1) is 0 Å². The van der Waals surface area contributed by atoms with Crippen molar-refractivity contribution in [1.82, 2.24) is 14.5 Å². The van der Waals surface area contributed by atoms with Gasteiger partial charge in [-0.3, -0.25) is 4.79 Å². The van der Waals surface area contributed by atoms with Gasteiger partial charge in [0.2, 0.25) is 5.91 Å². The average Bonchev–Trinajstić information content (AvgIpc) is 2.90. The molecular weight excluding hydrogens is 320 g/mol. The van der Waals surface area contributed by atoms with Crippen LogP contribution in [-0.2, 0) is 11.3 Å². The molecule has 2 N–H and O–H groups in total. The molecule has 0 saturated heterocycles. The van der Waals surface area contributed by atoms with E-state index in [1.54, 1.807) is 29.4 Å². The summed E-state index contributed by atoms with van der Waals surface area (Å²) in [6, 6.07) is 5.36. The highest BCUT2D eigenvalue weighted by molar-refractivity contribution is 7.99. The number of nitrogens with zero attached hydrogens (tertiary/aromatic N) is 3. The zero-order valence-electron chi connectivity index (χ0n) is 12.6. The summed E-state index contributed by atoms with van der Waals surface area (Å²) in [5, 5.41) is 1.31. The third kappa shape index (κ3) is 3.96. The monoisotopic (exact) mass is 338 g/mol. The standard InChI is InChI=1S/C15H19ClN4OS/c1-3-19(4-2)14(21)10-20-8-7-18-15(20)22-13-6-5-11(17)9-12(13)16/h5-9H,3-4,10,17H2,1-2H3. The fourth-order valence-electron chi connectivity index (χ4n) is 2.04. The van der Waals surface area contributed by atoms with E-state index >= 15 is 0 Å². The molecule has 0 saturated carbocycles. The van der Waals surface area contributed by atoms with Crippen molar-refractivity contribution in [2.45, 2.75) is 30.4 Å². The molecule has 0 spiro atoms. The number of anilines is 1. The number of amides is 1. The lowest BCUT2D eigenvalue weighted by atomic mass is 10.3. The molecule has 0 bridgehead atoms. The van der Waals surface area contributed by atoms with Crippen LogP contribution in [0, 0.1) is 0 Å². The zero-order chi connectivity index (χ0) is 16.1. The van der Waals surface area contributed by atoms with Crippen LogP contribution in [0.15, 0.2) is 40.6 Å². The minimum Gasteiger partial charge on any atom is -0.399 e. The SMILES string of the molecule is CCN(CC)C(=O)Cn1ccnc1Sc1ccc(N)cc1Cl. The van der Waals surface area contributed by atoms with Gasteiger partial charge in [0.25, 0.3) is 0 Å². The number of imidazole rings is 1. The number of aromatic nitrogens is 2. The van der Waals surface area contributed by atoms with Crippen LogP contribution in [0.2, 0.25) is 5.02 Å². The molecule has 0 fully saturated rings. The Labute approximate surface area is 139 Å². The van der Waals surface area contributed by atoms with E-state index in [9.17, 15) is 4.79 Å². The molecule has 0 radical (unpaired) electrons. The van der Waals surface area contributed by atoms with Crippen molar-refractivity contribution in [3.63, 3.8) is 0 Å². The third-order valence-electron chi connectivity index (χ3n) is 3.26. The van der Waals surface area contributed by atoms with Crippen LogP contribution in [-0.4, -0.2) is 33.4 Å². The molecule has 1 aromatic heterocycles. The Hall–Kier alpha value is -1.66. The van der Waals surface area contributed by atoms with E-state index in [4.69, 9.17) is 17.3 Å². The minimum absolute atomic E-state index is 0.0771. The van der Waals surface area contributed by atoms with Gasteiger partial charge in [-0.05, 0) is 32.0 Å². The smallest absolute Gasteiger partial charge is 0.242 e. The number of halogens is 1. The summed E-state index contributed by atoms with van der Waals surface area (Å²) in [6.45, 7) is 5.63. The molecule has 0 unspecified atom stereocenters. The van der Waals surface area contributed by atoms with Crippen LogP contribution in [0.25, 0.3) is 0 Å². The van der Waals surface area contributed by atoms with Crippen molar-refractivity contribution < 1.29 is 4.79 Å². The van der Waals surface area contributed by atoms with Gasteiger partial charge in [0.05, 0.1) is 5.02 Å². The summed E-state index contributed by atoms with van der Waals surface area (Å²) in [5.74, 6) is 0.0771. The average molecular weight is 339 g/mol. The molecular formula is C15H19ClN4OS. The summed E-state index contributed by atoms with van der Waals surface area (Å²) in [4.78, 5) is 19.2. The first kappa shape index (κ1) is 16.7. The van der Waals surface area contributed by atoms with E-state index in [0.717, 1.165) is 10.1 Å². The van der Waals surface area contributed by atoms with Gasteiger partial charge in [0.1, 0.15) is 6.54 Å². The molecule has 0 aliphatic carbocycles. The van der Waals surface area contributed by atoms with E-state index in [1.807, 2.05) is 24.5 Å². The zero-order valence-corrected chi connectivity index (χ0v) is 14.2. The van der Waals surface area contributed by atoms with Gasteiger partial charge in [0, 0.05) is 36.1 Å². The molecule has 1 heterocycles. The van der Waals surface area contributed by atoms with Crippen LogP contribution in [0.3, 0.4) is 0 Å². The molecule has 0 aliphatic rings. The molecule has 0 aliphatic heterocycles. The summed E-state index contributed by atoms with van der Waals surface area (Å²) in [7, 11) is 0. The Bertz CT molecular complexity index is 655. The first-order valence-electron chi connectivity index (χ1n) is 7.07. The van der Waals surface area contributed by atoms with E-state index < -0.39 is 0 Å². The quantitative estimate of drug-likeness (QED) is 0.822. The largest absolute Gasteiger partial charge is 0.399 e. The lowest BCUT2D eigenvalue weighted by molar-refractivity contribution is -0.131. The second-order valence-corrected chi connectivity index (χ2v) is 6.11. The van der Waals surface area contributed by atoms with Gasteiger partial charge in [0.15, 0.2) is 5.16 Å². The second kappa shape index (κ2) is 7.56. The first-order chi connectivity index (χ1) is 10.5. The minimum atomic E-state index is 0.0771. The summed E-state index contributed by atoms with van der Waals surface area (Å²) in [6.07, 6.45) is 3.48. The number of carbonyl (C=O) groups excluding carboxylic acids is 1. The molecule has 1 amide bonds. The highest BCUT2D eigenvalue weighted by Crippen LogP contribution is 2.33. The van der Waals surface area contributed by atoms with E-state index in [0.29, 0.717) is 23.8 Å². The predicted octanol–water partition coefficient (Wildman–Crippen LogP) is 3.14. The molecule has 22 heavy (non-hydrogen) atoms. The second-order valence-electron chi connectivity index (χ2n) is 4.70. The molecule has 1 aromatic carbocycles. The summed E-state index contributed by atoms with van der Waals surface area (Å²) < 4.78 is 1.83. The normalized spacial score (nSPS) is 10.7. The Morgan fingerprint density at radius 1 is 1.41 bits per heavy atom. The van der Waals surface area contributed by atoms with Crippen molar-refractivity contribution in [2.24, 2.45) is 0 Å². The predicted molar refractivity (Wildman–Crippen MR) is 90.1 cm³/mol. The maximum atomic E-state index is 12.2. The topological polar surface area (TPSA) is 64.2 Å². The van der Waals surface area contributed by atoms with Gasteiger partial charge >= 0.3 is 0 Å². The van der Waals surface area contributed by atoms with E-state index in [-0.39, 0.29) is 12.5 Å². The Morgan fingerprint density at radius 2 is 2.14 bits per heavy atom. The molecule has 2 rings (SSSR count). The number of hydrogen-bond acceptors (Lipinski definition) is 4. The highest BCUT2D eigenvalue weighted by Gasteiger charge is 2.14. The Balaban J connectivity index is 2.14. The van der Waals surface area contributed by atoms with Crippen molar-refractivity contribution in [3.05, 3.63) is 35.6 Å². The van der Waals surface area contributed by atoms with Crippen LogP contribution in [0.4, 0.5) is 5.69 Å². The van der Waals surface area contributed by atoms with Gasteiger partial charge in [-0.25, -0.2) is 4.98 Å². The van der Waals surface area contributed by atoms with Gasteiger partial charge in [-0.1, -0.05) is 23.4 Å². The number of hydrogen-bond donors (Lipinski definition) is 1. The van der Waals surface area contributed by atoms with Crippen molar-refractivity contribution in [1.29, 1.82) is 0 Å². The van der Waals surface area contributed by atoms with Crippen LogP contribution in [0.5, 0.6) is 0 Å². The summed E-state index contributed by atoms with van der Waals surface area (Å²) >= 11 is 7.61. The van der Waals surface area contributed by atoms with Gasteiger partial charge < -0.3 is 15.2 Å². The van der Waals surface area contributed by atoms with Crippen LogP contribution < -0.4 is 5.73 Å². The van der Waals surface area contributed by atoms with Crippen LogP contribution >= 0.6 is 23.4 Å². The number of rotatable bonds is 6. The molecule has 7 heteroatoms. The number of likely N-dealkylation sites (N-methyl/N-ethyl adjacent to an activating group) is 1. The molecule has 0 atom stereocenters. The van der Waals surface area contributed by atoms with Gasteiger partial charge in [-0.2, -0.15) is 0 Å². The highest BCUT2D eigenvalue weighted by atomic mass is 35.5. The van der Waals surface area contributed by atoms with Crippen LogP contribution in [0.1, 0.15) is 13.8 Å². The lowest BCUT2D eigenvalue weighted by Crippen LogP contribution is -2.33. The fraction of sp³-hybridized carbons (Fsp3) is 0.333. The fourth-order valence-corrected chi connectivity index (χ4v) is 3.19. The first-order valence-corrected chi connectivity index (χ1v) is 8.26. The molecule has 118 valence electrons. The Kier molecular flexibility index (Phi) is 5.74. The van der Waals surface area contributed by atoms with Crippen molar-refractivity contribution in [3.8, 4) is 0 Å².